The summed E-state index contributed by atoms with van der Waals surface area (Å²) in [4.78, 5) is 8.11. The summed E-state index contributed by atoms with van der Waals surface area (Å²) < 4.78 is 25.8. The number of sulfonamides is 1. The molecule has 20 heavy (non-hydrogen) atoms. The standard InChI is InChI=1S/C12H15N5O2S/c1-8-7-15-12(13)17-11(8)16-9-4-3-5-10(6-9)20(18,19)14-2/h3-7,14H,1-2H3,(H3,13,15,16,17). The molecule has 106 valence electrons. The highest BCUT2D eigenvalue weighted by Crippen LogP contribution is 2.21. The second-order valence-corrected chi connectivity index (χ2v) is 6.01. The highest BCUT2D eigenvalue weighted by molar-refractivity contribution is 7.89. The van der Waals surface area contributed by atoms with Gasteiger partial charge < -0.3 is 11.1 Å². The molecule has 0 aliphatic rings. The fourth-order valence-corrected chi connectivity index (χ4v) is 2.35. The third kappa shape index (κ3) is 3.03. The van der Waals surface area contributed by atoms with Gasteiger partial charge in [-0.25, -0.2) is 18.1 Å². The Bertz CT molecular complexity index is 730. The van der Waals surface area contributed by atoms with Crippen LogP contribution in [0.4, 0.5) is 17.5 Å². The third-order valence-electron chi connectivity index (χ3n) is 2.67. The summed E-state index contributed by atoms with van der Waals surface area (Å²) >= 11 is 0. The van der Waals surface area contributed by atoms with E-state index >= 15 is 0 Å². The average Bonchev–Trinajstić information content (AvgIpc) is 2.43. The summed E-state index contributed by atoms with van der Waals surface area (Å²) in [6.07, 6.45) is 1.60. The molecular formula is C12H15N5O2S. The lowest BCUT2D eigenvalue weighted by Crippen LogP contribution is -2.18. The number of nitrogens with two attached hydrogens (primary N) is 1. The van der Waals surface area contributed by atoms with Crippen molar-refractivity contribution in [3.05, 3.63) is 36.0 Å². The van der Waals surface area contributed by atoms with Crippen LogP contribution in [-0.4, -0.2) is 25.4 Å². The minimum Gasteiger partial charge on any atom is -0.368 e. The van der Waals surface area contributed by atoms with Gasteiger partial charge in [0.15, 0.2) is 0 Å². The molecule has 7 nitrogen and oxygen atoms in total. The van der Waals surface area contributed by atoms with Gasteiger partial charge in [-0.15, -0.1) is 0 Å². The van der Waals surface area contributed by atoms with Crippen molar-refractivity contribution in [2.45, 2.75) is 11.8 Å². The predicted molar refractivity (Wildman–Crippen MR) is 77.2 cm³/mol. The van der Waals surface area contributed by atoms with Crippen molar-refractivity contribution in [2.24, 2.45) is 0 Å². The molecule has 0 radical (unpaired) electrons. The maximum absolute atomic E-state index is 11.7. The number of nitrogens with zero attached hydrogens (tertiary/aromatic N) is 2. The molecule has 8 heteroatoms. The summed E-state index contributed by atoms with van der Waals surface area (Å²) in [7, 11) is -2.11. The normalized spacial score (nSPS) is 11.3. The molecule has 0 saturated heterocycles. The van der Waals surface area contributed by atoms with E-state index in [9.17, 15) is 8.42 Å². The van der Waals surface area contributed by atoms with Gasteiger partial charge in [-0.1, -0.05) is 6.07 Å². The first kappa shape index (κ1) is 14.2. The van der Waals surface area contributed by atoms with Crippen molar-refractivity contribution in [1.29, 1.82) is 0 Å². The molecule has 0 aliphatic carbocycles. The van der Waals surface area contributed by atoms with Crippen LogP contribution in [-0.2, 0) is 10.0 Å². The van der Waals surface area contributed by atoms with Crippen LogP contribution in [0.3, 0.4) is 0 Å². The Hall–Kier alpha value is -2.19. The number of aryl methyl sites for hydroxylation is 1. The predicted octanol–water partition coefficient (Wildman–Crippen LogP) is 1.02. The molecule has 1 aromatic carbocycles. The van der Waals surface area contributed by atoms with Crippen LogP contribution in [0.15, 0.2) is 35.4 Å². The maximum Gasteiger partial charge on any atom is 0.240 e. The molecule has 0 amide bonds. The van der Waals surface area contributed by atoms with Gasteiger partial charge in [-0.3, -0.25) is 0 Å². The molecule has 0 atom stereocenters. The van der Waals surface area contributed by atoms with E-state index in [0.29, 0.717) is 11.5 Å². The molecule has 0 aliphatic heterocycles. The van der Waals surface area contributed by atoms with Gasteiger partial charge in [0.05, 0.1) is 4.90 Å². The van der Waals surface area contributed by atoms with E-state index in [2.05, 4.69) is 20.0 Å². The van der Waals surface area contributed by atoms with Crippen LogP contribution in [0.25, 0.3) is 0 Å². The SMILES string of the molecule is CNS(=O)(=O)c1cccc(Nc2nc(N)ncc2C)c1. The third-order valence-corrected chi connectivity index (χ3v) is 4.08. The molecule has 0 spiro atoms. The van der Waals surface area contributed by atoms with Crippen molar-refractivity contribution in [3.63, 3.8) is 0 Å². The Morgan fingerprint density at radius 1 is 1.30 bits per heavy atom. The van der Waals surface area contributed by atoms with Crippen molar-refractivity contribution in [2.75, 3.05) is 18.1 Å². The Kier molecular flexibility index (Phi) is 3.86. The van der Waals surface area contributed by atoms with Crippen molar-refractivity contribution in [1.82, 2.24) is 14.7 Å². The Labute approximate surface area is 117 Å². The maximum atomic E-state index is 11.7. The Morgan fingerprint density at radius 3 is 2.75 bits per heavy atom. The second kappa shape index (κ2) is 5.43. The Balaban J connectivity index is 2.35. The fourth-order valence-electron chi connectivity index (χ4n) is 1.58. The summed E-state index contributed by atoms with van der Waals surface area (Å²) in [5.41, 5.74) is 6.94. The van der Waals surface area contributed by atoms with Gasteiger partial charge in [0.2, 0.25) is 16.0 Å². The summed E-state index contributed by atoms with van der Waals surface area (Å²) in [5, 5.41) is 3.03. The van der Waals surface area contributed by atoms with E-state index in [0.717, 1.165) is 5.56 Å². The van der Waals surface area contributed by atoms with Crippen LogP contribution in [0.5, 0.6) is 0 Å². The molecule has 0 fully saturated rings. The summed E-state index contributed by atoms with van der Waals surface area (Å²) in [6.45, 7) is 1.83. The van der Waals surface area contributed by atoms with Crippen LogP contribution in [0, 0.1) is 6.92 Å². The first-order chi connectivity index (χ1) is 9.42. The van der Waals surface area contributed by atoms with E-state index in [1.807, 2.05) is 6.92 Å². The summed E-state index contributed by atoms with van der Waals surface area (Å²) in [6, 6.07) is 6.42. The van der Waals surface area contributed by atoms with Crippen LogP contribution >= 0.6 is 0 Å². The van der Waals surface area contributed by atoms with E-state index in [1.165, 1.54) is 19.2 Å². The number of hydrogen-bond acceptors (Lipinski definition) is 6. The molecule has 4 N–H and O–H groups in total. The molecular weight excluding hydrogens is 278 g/mol. The highest BCUT2D eigenvalue weighted by Gasteiger charge is 2.12. The van der Waals surface area contributed by atoms with E-state index < -0.39 is 10.0 Å². The molecule has 2 aromatic rings. The minimum absolute atomic E-state index is 0.150. The van der Waals surface area contributed by atoms with E-state index in [4.69, 9.17) is 5.73 Å². The topological polar surface area (TPSA) is 110 Å². The zero-order valence-electron chi connectivity index (χ0n) is 11.1. The number of anilines is 3. The number of nitrogens with one attached hydrogen (secondary N) is 2. The minimum atomic E-state index is -3.48. The molecule has 1 heterocycles. The van der Waals surface area contributed by atoms with Gasteiger partial charge in [-0.05, 0) is 32.2 Å². The number of benzene rings is 1. The lowest BCUT2D eigenvalue weighted by atomic mass is 10.3. The van der Waals surface area contributed by atoms with Crippen LogP contribution in [0.2, 0.25) is 0 Å². The van der Waals surface area contributed by atoms with Crippen molar-refractivity contribution >= 4 is 27.5 Å². The number of aromatic nitrogens is 2. The number of nitrogen functional groups attached to an aromatic ring is 1. The average molecular weight is 293 g/mol. The van der Waals surface area contributed by atoms with Gasteiger partial charge in [0, 0.05) is 17.4 Å². The Morgan fingerprint density at radius 2 is 2.05 bits per heavy atom. The first-order valence-corrected chi connectivity index (χ1v) is 7.30. The van der Waals surface area contributed by atoms with Gasteiger partial charge in [-0.2, -0.15) is 4.98 Å². The van der Waals surface area contributed by atoms with Gasteiger partial charge >= 0.3 is 0 Å². The van der Waals surface area contributed by atoms with E-state index in [-0.39, 0.29) is 10.8 Å². The highest BCUT2D eigenvalue weighted by atomic mass is 32.2. The number of rotatable bonds is 4. The first-order valence-electron chi connectivity index (χ1n) is 5.82. The van der Waals surface area contributed by atoms with Crippen LogP contribution < -0.4 is 15.8 Å². The van der Waals surface area contributed by atoms with Gasteiger partial charge in [0.1, 0.15) is 5.82 Å². The molecule has 0 bridgehead atoms. The second-order valence-electron chi connectivity index (χ2n) is 4.12. The molecule has 2 rings (SSSR count). The monoisotopic (exact) mass is 293 g/mol. The van der Waals surface area contributed by atoms with Gasteiger partial charge in [0.25, 0.3) is 0 Å². The smallest absolute Gasteiger partial charge is 0.240 e. The zero-order valence-corrected chi connectivity index (χ0v) is 11.9. The van der Waals surface area contributed by atoms with Crippen LogP contribution in [0.1, 0.15) is 5.56 Å². The molecule has 0 unspecified atom stereocenters. The van der Waals surface area contributed by atoms with Crippen molar-refractivity contribution in [3.8, 4) is 0 Å². The lowest BCUT2D eigenvalue weighted by Gasteiger charge is -2.10. The molecule has 0 saturated carbocycles. The largest absolute Gasteiger partial charge is 0.368 e. The lowest BCUT2D eigenvalue weighted by molar-refractivity contribution is 0.588. The zero-order chi connectivity index (χ0) is 14.8. The summed E-state index contributed by atoms with van der Waals surface area (Å²) in [5.74, 6) is 0.689. The fraction of sp³-hybridized carbons (Fsp3) is 0.167. The molecule has 1 aromatic heterocycles. The van der Waals surface area contributed by atoms with Crippen molar-refractivity contribution < 1.29 is 8.42 Å². The number of hydrogen-bond donors (Lipinski definition) is 3. The van der Waals surface area contributed by atoms with E-state index in [1.54, 1.807) is 18.3 Å². The quantitative estimate of drug-likeness (QED) is 0.776.